The van der Waals surface area contributed by atoms with Crippen LogP contribution in [-0.2, 0) is 14.4 Å². The Labute approximate surface area is 178 Å². The van der Waals surface area contributed by atoms with Gasteiger partial charge in [0.1, 0.15) is 0 Å². The summed E-state index contributed by atoms with van der Waals surface area (Å²) in [5.74, 6) is 0.670. The summed E-state index contributed by atoms with van der Waals surface area (Å²) in [5.41, 5.74) is -1.74. The molecule has 0 spiro atoms. The standard InChI is InChI=1S/C24H44N2O3/c1-15(2)17(5)13-23(8,9)25-21(29)22(6,7)14-24(10,11)26-19(27)12-18(16(3)4)20(26)28/h15-18H,12-14H2,1-11H3,(H,25,29). The van der Waals surface area contributed by atoms with Crippen LogP contribution in [0.3, 0.4) is 0 Å². The highest BCUT2D eigenvalue weighted by molar-refractivity contribution is 6.04. The first-order valence-electron chi connectivity index (χ1n) is 11.1. The topological polar surface area (TPSA) is 66.5 Å². The van der Waals surface area contributed by atoms with Crippen LogP contribution in [0, 0.1) is 29.1 Å². The monoisotopic (exact) mass is 408 g/mol. The fourth-order valence-corrected chi connectivity index (χ4v) is 4.62. The van der Waals surface area contributed by atoms with Gasteiger partial charge in [0, 0.05) is 28.8 Å². The molecule has 1 fully saturated rings. The molecule has 29 heavy (non-hydrogen) atoms. The first-order valence-corrected chi connectivity index (χ1v) is 11.1. The lowest BCUT2D eigenvalue weighted by atomic mass is 9.77. The number of hydrogen-bond donors (Lipinski definition) is 1. The number of carbonyl (C=O) groups is 3. The van der Waals surface area contributed by atoms with E-state index in [0.717, 1.165) is 6.42 Å². The number of hydrogen-bond acceptors (Lipinski definition) is 3. The molecule has 0 aromatic rings. The minimum atomic E-state index is -0.714. The molecule has 1 rings (SSSR count). The van der Waals surface area contributed by atoms with Gasteiger partial charge in [-0.15, -0.1) is 0 Å². The van der Waals surface area contributed by atoms with Gasteiger partial charge < -0.3 is 5.32 Å². The van der Waals surface area contributed by atoms with Crippen molar-refractivity contribution in [3.63, 3.8) is 0 Å². The van der Waals surface area contributed by atoms with E-state index in [1.54, 1.807) is 0 Å². The van der Waals surface area contributed by atoms with Gasteiger partial charge in [-0.25, -0.2) is 0 Å². The Hall–Kier alpha value is -1.39. The number of carbonyl (C=O) groups excluding carboxylic acids is 3. The summed E-state index contributed by atoms with van der Waals surface area (Å²) >= 11 is 0. The molecule has 5 nitrogen and oxygen atoms in total. The third-order valence-electron chi connectivity index (χ3n) is 6.50. The normalized spacial score (nSPS) is 20.0. The van der Waals surface area contributed by atoms with Crippen molar-refractivity contribution in [2.75, 3.05) is 0 Å². The number of nitrogens with zero attached hydrogens (tertiary/aromatic N) is 1. The molecule has 0 bridgehead atoms. The second-order valence-corrected chi connectivity index (χ2v) is 11.8. The second kappa shape index (κ2) is 8.77. The zero-order valence-corrected chi connectivity index (χ0v) is 20.6. The Kier molecular flexibility index (Phi) is 7.76. The summed E-state index contributed by atoms with van der Waals surface area (Å²) in [5, 5.41) is 3.22. The quantitative estimate of drug-likeness (QED) is 0.558. The van der Waals surface area contributed by atoms with Crippen molar-refractivity contribution in [2.45, 2.75) is 107 Å². The largest absolute Gasteiger partial charge is 0.351 e. The van der Waals surface area contributed by atoms with E-state index in [-0.39, 0.29) is 41.5 Å². The summed E-state index contributed by atoms with van der Waals surface area (Å²) in [6.45, 7) is 22.3. The number of imide groups is 1. The van der Waals surface area contributed by atoms with Crippen molar-refractivity contribution in [1.82, 2.24) is 10.2 Å². The maximum absolute atomic E-state index is 13.2. The summed E-state index contributed by atoms with van der Waals surface area (Å²) in [7, 11) is 0. The molecule has 0 radical (unpaired) electrons. The first-order chi connectivity index (χ1) is 12.9. The van der Waals surface area contributed by atoms with Crippen molar-refractivity contribution >= 4 is 17.7 Å². The molecule has 0 saturated carbocycles. The molecule has 0 aromatic heterocycles. The van der Waals surface area contributed by atoms with Crippen LogP contribution in [-0.4, -0.2) is 33.7 Å². The molecule has 168 valence electrons. The predicted octanol–water partition coefficient (Wildman–Crippen LogP) is 4.79. The Morgan fingerprint density at radius 1 is 1.03 bits per heavy atom. The Morgan fingerprint density at radius 3 is 1.97 bits per heavy atom. The zero-order chi connectivity index (χ0) is 22.9. The molecule has 1 saturated heterocycles. The molecular weight excluding hydrogens is 364 g/mol. The molecule has 1 aliphatic heterocycles. The van der Waals surface area contributed by atoms with Crippen LogP contribution in [0.4, 0.5) is 0 Å². The van der Waals surface area contributed by atoms with Gasteiger partial charge in [0.15, 0.2) is 0 Å². The summed E-state index contributed by atoms with van der Waals surface area (Å²) in [6, 6.07) is 0. The minimum absolute atomic E-state index is 0.0361. The molecule has 1 N–H and O–H groups in total. The molecule has 3 amide bonds. The highest BCUT2D eigenvalue weighted by Gasteiger charge is 2.49. The predicted molar refractivity (Wildman–Crippen MR) is 118 cm³/mol. The van der Waals surface area contributed by atoms with Gasteiger partial charge in [0.25, 0.3) is 0 Å². The SMILES string of the molecule is CC(C)C(C)CC(C)(C)NC(=O)C(C)(C)CC(C)(C)N1C(=O)CC(C(C)C)C1=O. The molecule has 2 unspecified atom stereocenters. The third-order valence-corrected chi connectivity index (χ3v) is 6.50. The lowest BCUT2D eigenvalue weighted by Crippen LogP contribution is -2.55. The summed E-state index contributed by atoms with van der Waals surface area (Å²) < 4.78 is 0. The van der Waals surface area contributed by atoms with Crippen LogP contribution in [0.2, 0.25) is 0 Å². The molecular formula is C24H44N2O3. The van der Waals surface area contributed by atoms with Gasteiger partial charge in [0.05, 0.1) is 0 Å². The minimum Gasteiger partial charge on any atom is -0.351 e. The average molecular weight is 409 g/mol. The molecule has 5 heteroatoms. The van der Waals surface area contributed by atoms with E-state index in [9.17, 15) is 14.4 Å². The van der Waals surface area contributed by atoms with Crippen LogP contribution in [0.25, 0.3) is 0 Å². The van der Waals surface area contributed by atoms with E-state index in [1.165, 1.54) is 4.90 Å². The third kappa shape index (κ3) is 6.29. The number of amides is 3. The fourth-order valence-electron chi connectivity index (χ4n) is 4.62. The van der Waals surface area contributed by atoms with E-state index < -0.39 is 11.0 Å². The van der Waals surface area contributed by atoms with Crippen LogP contribution in [0.5, 0.6) is 0 Å². The van der Waals surface area contributed by atoms with Crippen molar-refractivity contribution in [2.24, 2.45) is 29.1 Å². The van der Waals surface area contributed by atoms with Gasteiger partial charge in [-0.3, -0.25) is 19.3 Å². The average Bonchev–Trinajstić information content (AvgIpc) is 2.80. The van der Waals surface area contributed by atoms with Crippen LogP contribution >= 0.6 is 0 Å². The summed E-state index contributed by atoms with van der Waals surface area (Å²) in [4.78, 5) is 40.1. The van der Waals surface area contributed by atoms with E-state index in [4.69, 9.17) is 0 Å². The first kappa shape index (κ1) is 25.6. The maximum atomic E-state index is 13.2. The molecule has 0 aliphatic carbocycles. The van der Waals surface area contributed by atoms with E-state index >= 15 is 0 Å². The highest BCUT2D eigenvalue weighted by atomic mass is 16.2. The van der Waals surface area contributed by atoms with Gasteiger partial charge >= 0.3 is 0 Å². The van der Waals surface area contributed by atoms with E-state index in [0.29, 0.717) is 18.3 Å². The zero-order valence-electron chi connectivity index (χ0n) is 20.6. The number of rotatable bonds is 9. The van der Waals surface area contributed by atoms with Gasteiger partial charge in [-0.1, -0.05) is 48.5 Å². The Balaban J connectivity index is 2.93. The Bertz CT molecular complexity index is 632. The van der Waals surface area contributed by atoms with Gasteiger partial charge in [0.2, 0.25) is 17.7 Å². The van der Waals surface area contributed by atoms with Crippen LogP contribution in [0.1, 0.15) is 95.4 Å². The van der Waals surface area contributed by atoms with Crippen LogP contribution in [0.15, 0.2) is 0 Å². The van der Waals surface area contributed by atoms with Gasteiger partial charge in [-0.05, 0) is 58.3 Å². The molecule has 1 aliphatic rings. The van der Waals surface area contributed by atoms with E-state index in [1.807, 2.05) is 41.5 Å². The molecule has 0 aromatic carbocycles. The van der Waals surface area contributed by atoms with E-state index in [2.05, 4.69) is 39.9 Å². The lowest BCUT2D eigenvalue weighted by molar-refractivity contribution is -0.149. The molecule has 2 atom stereocenters. The molecule has 1 heterocycles. The van der Waals surface area contributed by atoms with Crippen LogP contribution < -0.4 is 5.32 Å². The smallest absolute Gasteiger partial charge is 0.233 e. The van der Waals surface area contributed by atoms with Gasteiger partial charge in [-0.2, -0.15) is 0 Å². The van der Waals surface area contributed by atoms with Crippen molar-refractivity contribution < 1.29 is 14.4 Å². The second-order valence-electron chi connectivity index (χ2n) is 11.8. The van der Waals surface area contributed by atoms with Crippen molar-refractivity contribution in [3.8, 4) is 0 Å². The summed E-state index contributed by atoms with van der Waals surface area (Å²) in [6.07, 6.45) is 1.59. The van der Waals surface area contributed by atoms with Crippen molar-refractivity contribution in [1.29, 1.82) is 0 Å². The number of likely N-dealkylation sites (tertiary alicyclic amines) is 1. The fraction of sp³-hybridized carbons (Fsp3) is 0.875. The lowest BCUT2D eigenvalue weighted by Gasteiger charge is -2.41. The number of nitrogens with one attached hydrogen (secondary N) is 1. The maximum Gasteiger partial charge on any atom is 0.233 e. The Morgan fingerprint density at radius 2 is 1.55 bits per heavy atom. The highest BCUT2D eigenvalue weighted by Crippen LogP contribution is 2.38. The van der Waals surface area contributed by atoms with Crippen molar-refractivity contribution in [3.05, 3.63) is 0 Å².